The van der Waals surface area contributed by atoms with Crippen molar-refractivity contribution in [3.8, 4) is 0 Å². The second kappa shape index (κ2) is 6.02. The van der Waals surface area contributed by atoms with E-state index in [1.165, 1.54) is 24.3 Å². The molecule has 0 unspecified atom stereocenters. The van der Waals surface area contributed by atoms with Gasteiger partial charge in [0.25, 0.3) is 10.0 Å². The van der Waals surface area contributed by atoms with Gasteiger partial charge in [-0.05, 0) is 18.2 Å². The molecule has 1 aromatic carbocycles. The molecule has 2 aromatic rings. The molecule has 112 valence electrons. The van der Waals surface area contributed by atoms with Gasteiger partial charge >= 0.3 is 5.97 Å². The van der Waals surface area contributed by atoms with E-state index >= 15 is 0 Å². The number of thiophene rings is 1. The van der Waals surface area contributed by atoms with Gasteiger partial charge in [-0.3, -0.25) is 4.72 Å². The van der Waals surface area contributed by atoms with E-state index in [-0.39, 0.29) is 29.8 Å². The number of nitrogens with one attached hydrogen (secondary N) is 1. The lowest BCUT2D eigenvalue weighted by atomic mass is 10.2. The molecular formula is C11H6Cl3NO4S2. The van der Waals surface area contributed by atoms with Crippen molar-refractivity contribution in [2.75, 3.05) is 4.72 Å². The number of aromatic carboxylic acids is 1. The van der Waals surface area contributed by atoms with Gasteiger partial charge in [0.05, 0.1) is 15.0 Å². The summed E-state index contributed by atoms with van der Waals surface area (Å²) in [4.78, 5) is 10.9. The van der Waals surface area contributed by atoms with Gasteiger partial charge in [-0.15, -0.1) is 11.3 Å². The largest absolute Gasteiger partial charge is 0.478 e. The fourth-order valence-electron chi connectivity index (χ4n) is 1.53. The fourth-order valence-corrected chi connectivity index (χ4v) is 5.01. The highest BCUT2D eigenvalue weighted by atomic mass is 35.5. The summed E-state index contributed by atoms with van der Waals surface area (Å²) < 4.78 is 26.8. The number of sulfonamides is 1. The molecule has 5 nitrogen and oxygen atoms in total. The van der Waals surface area contributed by atoms with Crippen LogP contribution in [0, 0.1) is 0 Å². The highest BCUT2D eigenvalue weighted by Gasteiger charge is 2.24. The van der Waals surface area contributed by atoms with E-state index in [9.17, 15) is 13.2 Å². The van der Waals surface area contributed by atoms with Gasteiger partial charge in [-0.25, -0.2) is 13.2 Å². The minimum absolute atomic E-state index is 0.0218. The molecule has 10 heteroatoms. The Bertz CT molecular complexity index is 817. The standard InChI is InChI=1S/C11H6Cl3NO4S2/c12-5-2-1-3-6(9(5)11(16)17)15-21(18,19)7-4-8(13)20-10(7)14/h1-4,15H,(H,16,17). The molecule has 0 radical (unpaired) electrons. The van der Waals surface area contributed by atoms with E-state index in [0.29, 0.717) is 0 Å². The number of anilines is 1. The molecule has 2 N–H and O–H groups in total. The Balaban J connectivity index is 2.50. The summed E-state index contributed by atoms with van der Waals surface area (Å²) in [6, 6.07) is 5.24. The van der Waals surface area contributed by atoms with E-state index in [1.807, 2.05) is 0 Å². The molecule has 0 saturated heterocycles. The fraction of sp³-hybridized carbons (Fsp3) is 0. The summed E-state index contributed by atoms with van der Waals surface area (Å²) in [6.45, 7) is 0. The maximum absolute atomic E-state index is 12.2. The van der Waals surface area contributed by atoms with Gasteiger partial charge in [-0.2, -0.15) is 0 Å². The summed E-state index contributed by atoms with van der Waals surface area (Å²) >= 11 is 18.2. The average Bonchev–Trinajstić information content (AvgIpc) is 2.68. The van der Waals surface area contributed by atoms with Crippen molar-refractivity contribution in [1.29, 1.82) is 0 Å². The minimum Gasteiger partial charge on any atom is -0.478 e. The van der Waals surface area contributed by atoms with Crippen molar-refractivity contribution in [3.05, 3.63) is 43.5 Å². The molecule has 2 rings (SSSR count). The quantitative estimate of drug-likeness (QED) is 0.824. The van der Waals surface area contributed by atoms with Crippen LogP contribution in [0.15, 0.2) is 29.2 Å². The van der Waals surface area contributed by atoms with Crippen molar-refractivity contribution < 1.29 is 18.3 Å². The van der Waals surface area contributed by atoms with Crippen molar-refractivity contribution in [2.24, 2.45) is 0 Å². The van der Waals surface area contributed by atoms with Gasteiger partial charge < -0.3 is 5.11 Å². The second-order valence-electron chi connectivity index (χ2n) is 3.76. The van der Waals surface area contributed by atoms with Crippen molar-refractivity contribution in [1.82, 2.24) is 0 Å². The number of hydrogen-bond acceptors (Lipinski definition) is 4. The molecular weight excluding hydrogens is 381 g/mol. The summed E-state index contributed by atoms with van der Waals surface area (Å²) in [5.74, 6) is -1.35. The van der Waals surface area contributed by atoms with Crippen molar-refractivity contribution in [3.63, 3.8) is 0 Å². The van der Waals surface area contributed by atoms with E-state index < -0.39 is 16.0 Å². The molecule has 0 aliphatic rings. The number of benzene rings is 1. The third-order valence-corrected chi connectivity index (χ3v) is 5.82. The first kappa shape index (κ1) is 16.4. The maximum Gasteiger partial charge on any atom is 0.339 e. The number of halogens is 3. The Kier molecular flexibility index (Phi) is 4.69. The lowest BCUT2D eigenvalue weighted by molar-refractivity contribution is 0.0698. The van der Waals surface area contributed by atoms with Crippen LogP contribution in [-0.4, -0.2) is 19.5 Å². The van der Waals surface area contributed by atoms with Crippen LogP contribution in [-0.2, 0) is 10.0 Å². The van der Waals surface area contributed by atoms with E-state index in [0.717, 1.165) is 11.3 Å². The van der Waals surface area contributed by atoms with E-state index in [1.54, 1.807) is 0 Å². The lowest BCUT2D eigenvalue weighted by Crippen LogP contribution is -2.15. The number of carboxylic acid groups (broad SMARTS) is 1. The van der Waals surface area contributed by atoms with E-state index in [2.05, 4.69) is 4.72 Å². The minimum atomic E-state index is -4.07. The molecule has 0 atom stereocenters. The van der Waals surface area contributed by atoms with Crippen LogP contribution in [0.5, 0.6) is 0 Å². The number of carboxylic acids is 1. The smallest absolute Gasteiger partial charge is 0.339 e. The number of hydrogen-bond donors (Lipinski definition) is 2. The third-order valence-electron chi connectivity index (χ3n) is 2.39. The Morgan fingerprint density at radius 3 is 2.43 bits per heavy atom. The monoisotopic (exact) mass is 385 g/mol. The van der Waals surface area contributed by atoms with Gasteiger partial charge in [0.15, 0.2) is 0 Å². The molecule has 21 heavy (non-hydrogen) atoms. The summed E-state index contributed by atoms with van der Waals surface area (Å²) in [5.41, 5.74) is -0.506. The van der Waals surface area contributed by atoms with Crippen LogP contribution in [0.2, 0.25) is 13.7 Å². The predicted molar refractivity (Wildman–Crippen MR) is 83.6 cm³/mol. The van der Waals surface area contributed by atoms with Crippen LogP contribution in [0.4, 0.5) is 5.69 Å². The Morgan fingerprint density at radius 1 is 1.24 bits per heavy atom. The van der Waals surface area contributed by atoms with Crippen LogP contribution in [0.3, 0.4) is 0 Å². The molecule has 0 amide bonds. The number of rotatable bonds is 4. The molecule has 0 saturated carbocycles. The van der Waals surface area contributed by atoms with E-state index in [4.69, 9.17) is 39.9 Å². The molecule has 1 heterocycles. The molecule has 0 spiro atoms. The topological polar surface area (TPSA) is 83.5 Å². The summed E-state index contributed by atoms with van der Waals surface area (Å²) in [7, 11) is -4.07. The highest BCUT2D eigenvalue weighted by Crippen LogP contribution is 2.36. The normalized spacial score (nSPS) is 11.4. The van der Waals surface area contributed by atoms with Gasteiger partial charge in [0.1, 0.15) is 14.8 Å². The zero-order valence-electron chi connectivity index (χ0n) is 9.93. The third kappa shape index (κ3) is 3.44. The van der Waals surface area contributed by atoms with Crippen LogP contribution < -0.4 is 4.72 Å². The Morgan fingerprint density at radius 2 is 1.90 bits per heavy atom. The molecule has 0 bridgehead atoms. The first-order valence-electron chi connectivity index (χ1n) is 5.22. The molecule has 0 aliphatic heterocycles. The first-order valence-corrected chi connectivity index (χ1v) is 8.65. The van der Waals surface area contributed by atoms with Crippen LogP contribution in [0.25, 0.3) is 0 Å². The predicted octanol–water partition coefficient (Wildman–Crippen LogP) is 4.21. The highest BCUT2D eigenvalue weighted by molar-refractivity contribution is 7.93. The van der Waals surface area contributed by atoms with Crippen molar-refractivity contribution >= 4 is 67.8 Å². The first-order chi connectivity index (χ1) is 9.72. The average molecular weight is 387 g/mol. The van der Waals surface area contributed by atoms with Gasteiger partial charge in [0, 0.05) is 0 Å². The lowest BCUT2D eigenvalue weighted by Gasteiger charge is -2.10. The Labute approximate surface area is 139 Å². The van der Waals surface area contributed by atoms with Crippen LogP contribution in [0.1, 0.15) is 10.4 Å². The molecule has 0 aliphatic carbocycles. The molecule has 1 aromatic heterocycles. The SMILES string of the molecule is O=C(O)c1c(Cl)cccc1NS(=O)(=O)c1cc(Cl)sc1Cl. The number of carbonyl (C=O) groups is 1. The maximum atomic E-state index is 12.2. The zero-order chi connectivity index (χ0) is 15.8. The molecule has 0 fully saturated rings. The summed E-state index contributed by atoms with van der Waals surface area (Å²) in [5, 5.41) is 9.02. The van der Waals surface area contributed by atoms with Gasteiger partial charge in [-0.1, -0.05) is 40.9 Å². The van der Waals surface area contributed by atoms with Gasteiger partial charge in [0.2, 0.25) is 0 Å². The summed E-state index contributed by atoms with van der Waals surface area (Å²) in [6.07, 6.45) is 0. The zero-order valence-corrected chi connectivity index (χ0v) is 13.8. The Hall–Kier alpha value is -0.990. The van der Waals surface area contributed by atoms with Crippen molar-refractivity contribution in [2.45, 2.75) is 4.90 Å². The van der Waals surface area contributed by atoms with Crippen LogP contribution >= 0.6 is 46.1 Å². The second-order valence-corrected chi connectivity index (χ2v) is 8.11.